The normalized spacial score (nSPS) is 21.9. The van der Waals surface area contributed by atoms with E-state index in [9.17, 15) is 10.2 Å². The van der Waals surface area contributed by atoms with Crippen LogP contribution in [0.2, 0.25) is 5.02 Å². The van der Waals surface area contributed by atoms with Gasteiger partial charge in [0.2, 0.25) is 0 Å². The molecule has 2 fully saturated rings. The van der Waals surface area contributed by atoms with Crippen LogP contribution in [0.15, 0.2) is 54.6 Å². The number of aromatic hydroxyl groups is 1. The number of fused-ring (bicyclic) bond motifs is 2. The van der Waals surface area contributed by atoms with Gasteiger partial charge < -0.3 is 44.6 Å². The Bertz CT molecular complexity index is 1500. The summed E-state index contributed by atoms with van der Waals surface area (Å²) in [5.41, 5.74) is 5.75. The number of phenolic OH excluding ortho intramolecular Hbond substituents is 1. The van der Waals surface area contributed by atoms with Gasteiger partial charge in [-0.15, -0.1) is 0 Å². The van der Waals surface area contributed by atoms with E-state index in [0.717, 1.165) is 33.3 Å². The summed E-state index contributed by atoms with van der Waals surface area (Å²) in [5.74, 6) is 0.202. The number of phenols is 1. The first-order chi connectivity index (χ1) is 20.0. The van der Waals surface area contributed by atoms with Crippen molar-refractivity contribution in [3.8, 4) is 34.0 Å². The predicted molar refractivity (Wildman–Crippen MR) is 153 cm³/mol. The highest BCUT2D eigenvalue weighted by Crippen LogP contribution is 2.36. The first-order valence-corrected chi connectivity index (χ1v) is 14.0. The van der Waals surface area contributed by atoms with E-state index in [1.807, 2.05) is 48.5 Å². The summed E-state index contributed by atoms with van der Waals surface area (Å²) in [6.07, 6.45) is -1.71. The van der Waals surface area contributed by atoms with Crippen LogP contribution >= 0.6 is 11.6 Å². The van der Waals surface area contributed by atoms with Crippen LogP contribution in [0.4, 0.5) is 0 Å². The van der Waals surface area contributed by atoms with Gasteiger partial charge in [0.15, 0.2) is 6.10 Å². The Morgan fingerprint density at radius 2 is 1.76 bits per heavy atom. The van der Waals surface area contributed by atoms with Crippen molar-refractivity contribution in [1.29, 1.82) is 0 Å². The Balaban J connectivity index is 1.13. The molecule has 216 valence electrons. The minimum absolute atomic E-state index is 0.0144. The van der Waals surface area contributed by atoms with Gasteiger partial charge in [0.05, 0.1) is 49.1 Å². The number of aromatic amines is 1. The first-order valence-electron chi connectivity index (χ1n) is 13.6. The summed E-state index contributed by atoms with van der Waals surface area (Å²) in [5, 5.41) is 33.2. The molecule has 6 rings (SSSR count). The zero-order valence-electron chi connectivity index (χ0n) is 22.3. The Kier molecular flexibility index (Phi) is 8.40. The number of halogens is 1. The lowest BCUT2D eigenvalue weighted by Gasteiger charge is -2.15. The molecular weight excluding hydrogens is 550 g/mol. The molecule has 3 aromatic carbocycles. The minimum Gasteiger partial charge on any atom is -0.507 e. The number of nitrogens with zero attached hydrogens (tertiary/aromatic N) is 1. The molecule has 2 saturated heterocycles. The van der Waals surface area contributed by atoms with Gasteiger partial charge in [0.1, 0.15) is 24.1 Å². The van der Waals surface area contributed by atoms with Crippen LogP contribution in [0.1, 0.15) is 5.56 Å². The number of ether oxygens (including phenoxy) is 4. The third-order valence-electron chi connectivity index (χ3n) is 7.35. The van der Waals surface area contributed by atoms with Crippen molar-refractivity contribution >= 4 is 22.6 Å². The van der Waals surface area contributed by atoms with Crippen molar-refractivity contribution in [2.45, 2.75) is 31.0 Å². The van der Waals surface area contributed by atoms with Gasteiger partial charge in [-0.05, 0) is 34.9 Å². The summed E-state index contributed by atoms with van der Waals surface area (Å²) >= 11 is 6.66. The van der Waals surface area contributed by atoms with Gasteiger partial charge in [0.25, 0.3) is 6.01 Å². The number of hydrogen-bond donors (Lipinski definition) is 5. The van der Waals surface area contributed by atoms with E-state index < -0.39 is 6.10 Å². The Hall–Kier alpha value is -3.22. The smallest absolute Gasteiger partial charge is 0.295 e. The molecule has 41 heavy (non-hydrogen) atoms. The van der Waals surface area contributed by atoms with Crippen molar-refractivity contribution in [2.75, 3.05) is 39.6 Å². The van der Waals surface area contributed by atoms with Crippen LogP contribution in [0.3, 0.4) is 0 Å². The molecule has 2 aliphatic rings. The zero-order valence-corrected chi connectivity index (χ0v) is 23.0. The molecule has 4 atom stereocenters. The number of imidazole rings is 1. The second kappa shape index (κ2) is 12.3. The van der Waals surface area contributed by atoms with E-state index in [4.69, 9.17) is 35.7 Å². The van der Waals surface area contributed by atoms with Gasteiger partial charge >= 0.3 is 0 Å². The molecule has 4 aromatic rings. The highest BCUT2D eigenvalue weighted by molar-refractivity contribution is 6.34. The van der Waals surface area contributed by atoms with E-state index in [-0.39, 0.29) is 37.3 Å². The molecule has 0 amide bonds. The number of hydrogen-bond acceptors (Lipinski definition) is 9. The molecule has 0 bridgehead atoms. The van der Waals surface area contributed by atoms with Gasteiger partial charge in [0, 0.05) is 24.2 Å². The number of nitrogens with one attached hydrogen (secondary N) is 2. The second-order valence-electron chi connectivity index (χ2n) is 10.2. The fourth-order valence-corrected chi connectivity index (χ4v) is 5.55. The van der Waals surface area contributed by atoms with Crippen molar-refractivity contribution in [3.05, 3.63) is 65.2 Å². The van der Waals surface area contributed by atoms with Gasteiger partial charge in [-0.3, -0.25) is 0 Å². The van der Waals surface area contributed by atoms with E-state index in [2.05, 4.69) is 15.3 Å². The monoisotopic (exact) mass is 581 g/mol. The largest absolute Gasteiger partial charge is 0.507 e. The summed E-state index contributed by atoms with van der Waals surface area (Å²) < 4.78 is 22.5. The zero-order chi connectivity index (χ0) is 28.3. The second-order valence-corrected chi connectivity index (χ2v) is 10.6. The number of aromatic nitrogens is 2. The van der Waals surface area contributed by atoms with Crippen LogP contribution in [0.5, 0.6) is 11.8 Å². The van der Waals surface area contributed by atoms with Crippen LogP contribution in [0.25, 0.3) is 33.3 Å². The molecular formula is C30H32ClN3O7. The summed E-state index contributed by atoms with van der Waals surface area (Å²) in [6.45, 7) is 2.67. The van der Waals surface area contributed by atoms with Gasteiger partial charge in [-0.1, -0.05) is 48.0 Å². The SMILES string of the molecule is OCCOCCNCc1ccc(-c2ccc(-c3cc4nc(O[C@@H]5CO[C@H]6[C@@H]5OC[C@H]6O)[nH]c4cc3Cl)cc2)c(O)c1. The molecule has 2 aliphatic heterocycles. The molecule has 3 heterocycles. The van der Waals surface area contributed by atoms with E-state index in [1.54, 1.807) is 6.07 Å². The fourth-order valence-electron chi connectivity index (χ4n) is 5.28. The lowest BCUT2D eigenvalue weighted by Crippen LogP contribution is -2.34. The number of H-pyrrole nitrogens is 1. The maximum absolute atomic E-state index is 10.7. The van der Waals surface area contributed by atoms with Gasteiger partial charge in [-0.2, -0.15) is 4.98 Å². The van der Waals surface area contributed by atoms with E-state index >= 15 is 0 Å². The third kappa shape index (κ3) is 6.05. The van der Waals surface area contributed by atoms with Crippen LogP contribution in [0, 0.1) is 0 Å². The van der Waals surface area contributed by atoms with E-state index in [1.165, 1.54) is 0 Å². The molecule has 10 nitrogen and oxygen atoms in total. The first kappa shape index (κ1) is 27.9. The van der Waals surface area contributed by atoms with Crippen LogP contribution < -0.4 is 10.1 Å². The van der Waals surface area contributed by atoms with Crippen molar-refractivity contribution in [2.24, 2.45) is 0 Å². The lowest BCUT2D eigenvalue weighted by atomic mass is 9.98. The standard InChI is InChI=1S/C30H32ClN3O7/c31-22-13-24-23(33-30(34-24)41-27-16-40-28-26(37)15-39-29(27)28)12-21(22)19-4-2-18(3-5-19)20-6-1-17(11-25(20)36)14-32-7-9-38-10-8-35/h1-6,11-13,26-29,32,35-37H,7-10,14-16H2,(H,33,34)/t26-,27-,28-,29-/m1/s1. The topological polar surface area (TPSA) is 138 Å². The predicted octanol–water partition coefficient (Wildman–Crippen LogP) is 3.26. The number of rotatable bonds is 11. The molecule has 1 aromatic heterocycles. The maximum atomic E-state index is 10.7. The Labute approximate surface area is 241 Å². The van der Waals surface area contributed by atoms with Crippen molar-refractivity contribution in [1.82, 2.24) is 15.3 Å². The number of aliphatic hydroxyl groups is 2. The molecule has 0 aliphatic carbocycles. The average molecular weight is 582 g/mol. The molecule has 0 saturated carbocycles. The molecule has 0 radical (unpaired) electrons. The molecule has 5 N–H and O–H groups in total. The summed E-state index contributed by atoms with van der Waals surface area (Å²) in [6, 6.07) is 17.5. The molecule has 0 unspecified atom stereocenters. The van der Waals surface area contributed by atoms with Crippen molar-refractivity contribution < 1.29 is 34.3 Å². The minimum atomic E-state index is -0.642. The Morgan fingerprint density at radius 3 is 2.54 bits per heavy atom. The number of benzene rings is 3. The third-order valence-corrected chi connectivity index (χ3v) is 7.66. The maximum Gasteiger partial charge on any atom is 0.295 e. The lowest BCUT2D eigenvalue weighted by molar-refractivity contribution is 0.00706. The average Bonchev–Trinajstić information content (AvgIpc) is 3.67. The highest BCUT2D eigenvalue weighted by Gasteiger charge is 2.48. The van der Waals surface area contributed by atoms with Crippen LogP contribution in [-0.2, 0) is 20.8 Å². The van der Waals surface area contributed by atoms with E-state index in [0.29, 0.717) is 49.5 Å². The fraction of sp³-hybridized carbons (Fsp3) is 0.367. The van der Waals surface area contributed by atoms with Crippen molar-refractivity contribution in [3.63, 3.8) is 0 Å². The van der Waals surface area contributed by atoms with Crippen LogP contribution in [-0.4, -0.2) is 89.3 Å². The number of aliphatic hydroxyl groups excluding tert-OH is 2. The molecule has 11 heteroatoms. The quantitative estimate of drug-likeness (QED) is 0.169. The summed E-state index contributed by atoms with van der Waals surface area (Å²) in [4.78, 5) is 7.76. The van der Waals surface area contributed by atoms with Gasteiger partial charge in [-0.25, -0.2) is 0 Å². The molecule has 0 spiro atoms. The highest BCUT2D eigenvalue weighted by atomic mass is 35.5. The summed E-state index contributed by atoms with van der Waals surface area (Å²) in [7, 11) is 0. The Morgan fingerprint density at radius 1 is 0.976 bits per heavy atom.